The zero-order valence-electron chi connectivity index (χ0n) is 4.83. The van der Waals surface area contributed by atoms with Crippen LogP contribution < -0.4 is 0 Å². The van der Waals surface area contributed by atoms with Crippen molar-refractivity contribution in [2.75, 3.05) is 0 Å². The topological polar surface area (TPSA) is 30.2 Å². The molecule has 1 aromatic rings. The molecule has 0 bridgehead atoms. The Hall–Kier alpha value is -0.0761. The van der Waals surface area contributed by atoms with Crippen molar-refractivity contribution in [1.29, 1.82) is 0 Å². The van der Waals surface area contributed by atoms with Gasteiger partial charge in [0.05, 0.1) is 0 Å². The van der Waals surface area contributed by atoms with E-state index < -0.39 is 0 Å². The van der Waals surface area contributed by atoms with E-state index in [-0.39, 0.29) is 32.7 Å². The van der Waals surface area contributed by atoms with Crippen LogP contribution in [0, 0.1) is 6.92 Å². The molecule has 0 saturated carbocycles. The van der Waals surface area contributed by atoms with Crippen LogP contribution in [0.1, 0.15) is 16.3 Å². The Labute approximate surface area is 78.5 Å². The van der Waals surface area contributed by atoms with Gasteiger partial charge in [0.2, 0.25) is 0 Å². The van der Waals surface area contributed by atoms with Crippen LogP contribution in [0.25, 0.3) is 0 Å². The molecule has 0 fully saturated rings. The molecule has 0 aliphatic heterocycles. The van der Waals surface area contributed by atoms with Crippen molar-refractivity contribution in [2.45, 2.75) is 0 Å². The average Bonchev–Trinajstić information content (AvgIpc) is 2.14. The summed E-state index contributed by atoms with van der Waals surface area (Å²) >= 11 is 0. The third kappa shape index (κ3) is 2.33. The van der Waals surface area contributed by atoms with Crippen molar-refractivity contribution in [3.05, 3.63) is 30.6 Å². The number of hydrogen-bond acceptors (Lipinski definition) is 2. The third-order valence-corrected chi connectivity index (χ3v) is 0.799. The molecule has 0 spiro atoms. The predicted octanol–water partition coefficient (Wildman–Crippen LogP) is 1.27. The van der Waals surface area contributed by atoms with Crippen LogP contribution in [0.4, 0.5) is 0 Å². The standard InChI is InChI=1S/C6H5O2.Y/c1-5-2-3-6(4-7)8-5;/h2-4H,1H2;/q-1;. The Morgan fingerprint density at radius 2 is 2.22 bits per heavy atom. The molecule has 45 valence electrons. The van der Waals surface area contributed by atoms with Crippen LogP contribution in [0.15, 0.2) is 16.5 Å². The molecule has 0 aliphatic rings. The molecule has 0 aliphatic carbocycles. The SMILES string of the molecule is [CH2-]c1ccc(C=O)o1.[Y]. The zero-order valence-corrected chi connectivity index (χ0v) is 7.67. The normalized spacial score (nSPS) is 8.00. The molecular formula is C6H5O2Y-. The quantitative estimate of drug-likeness (QED) is 0.502. The van der Waals surface area contributed by atoms with Gasteiger partial charge in [0, 0.05) is 32.7 Å². The summed E-state index contributed by atoms with van der Waals surface area (Å²) in [4.78, 5) is 9.90. The van der Waals surface area contributed by atoms with Crippen LogP contribution in [-0.2, 0) is 32.7 Å². The van der Waals surface area contributed by atoms with Gasteiger partial charge in [-0.1, -0.05) is 6.07 Å². The molecule has 0 N–H and O–H groups in total. The Balaban J connectivity index is 0.000000640. The third-order valence-electron chi connectivity index (χ3n) is 0.799. The molecule has 3 heteroatoms. The van der Waals surface area contributed by atoms with Crippen LogP contribution in [0.5, 0.6) is 0 Å². The monoisotopic (exact) mass is 198 g/mol. The summed E-state index contributed by atoms with van der Waals surface area (Å²) in [6.07, 6.45) is 0.648. The van der Waals surface area contributed by atoms with Gasteiger partial charge in [-0.05, 0) is 5.76 Å². The fourth-order valence-corrected chi connectivity index (χ4v) is 0.458. The first-order valence-corrected chi connectivity index (χ1v) is 2.20. The Morgan fingerprint density at radius 3 is 2.44 bits per heavy atom. The fraction of sp³-hybridized carbons (Fsp3) is 0. The predicted molar refractivity (Wildman–Crippen MR) is 28.6 cm³/mol. The van der Waals surface area contributed by atoms with E-state index in [2.05, 4.69) is 6.92 Å². The smallest absolute Gasteiger partial charge is 0.183 e. The van der Waals surface area contributed by atoms with Gasteiger partial charge in [0.15, 0.2) is 6.29 Å². The number of furan rings is 1. The molecule has 9 heavy (non-hydrogen) atoms. The van der Waals surface area contributed by atoms with E-state index in [9.17, 15) is 4.79 Å². The second-order valence-electron chi connectivity index (χ2n) is 1.42. The molecule has 0 unspecified atom stereocenters. The maximum Gasteiger partial charge on any atom is 0.183 e. The van der Waals surface area contributed by atoms with Crippen LogP contribution in [0.3, 0.4) is 0 Å². The van der Waals surface area contributed by atoms with Gasteiger partial charge in [-0.15, -0.1) is 0 Å². The van der Waals surface area contributed by atoms with Gasteiger partial charge >= 0.3 is 0 Å². The first kappa shape index (κ1) is 8.92. The number of carbonyl (C=O) groups excluding carboxylic acids is 1. The van der Waals surface area contributed by atoms with E-state index in [1.165, 1.54) is 0 Å². The van der Waals surface area contributed by atoms with E-state index in [1.54, 1.807) is 12.1 Å². The Bertz CT molecular complexity index is 193. The van der Waals surface area contributed by atoms with Crippen molar-refractivity contribution in [1.82, 2.24) is 0 Å². The minimum absolute atomic E-state index is 0. The Kier molecular flexibility index (Phi) is 3.82. The number of rotatable bonds is 1. The molecular weight excluding hydrogens is 193 g/mol. The molecule has 0 saturated heterocycles. The Morgan fingerprint density at radius 1 is 1.56 bits per heavy atom. The van der Waals surface area contributed by atoms with Gasteiger partial charge in [0.1, 0.15) is 5.76 Å². The average molecular weight is 198 g/mol. The van der Waals surface area contributed by atoms with E-state index in [1.807, 2.05) is 0 Å². The number of carbonyl (C=O) groups is 1. The van der Waals surface area contributed by atoms with Crippen molar-refractivity contribution >= 4 is 6.29 Å². The minimum atomic E-state index is 0. The summed E-state index contributed by atoms with van der Waals surface area (Å²) in [5.41, 5.74) is 0. The summed E-state index contributed by atoms with van der Waals surface area (Å²) in [6, 6.07) is 3.22. The van der Waals surface area contributed by atoms with E-state index in [0.717, 1.165) is 0 Å². The van der Waals surface area contributed by atoms with Crippen molar-refractivity contribution in [2.24, 2.45) is 0 Å². The maximum absolute atomic E-state index is 9.90. The van der Waals surface area contributed by atoms with E-state index in [4.69, 9.17) is 4.42 Å². The molecule has 2 nitrogen and oxygen atoms in total. The van der Waals surface area contributed by atoms with E-state index in [0.29, 0.717) is 17.8 Å². The van der Waals surface area contributed by atoms with Crippen molar-refractivity contribution in [3.63, 3.8) is 0 Å². The molecule has 1 rings (SSSR count). The number of hydrogen-bond donors (Lipinski definition) is 0. The summed E-state index contributed by atoms with van der Waals surface area (Å²) < 4.78 is 4.75. The zero-order chi connectivity index (χ0) is 5.98. The molecule has 1 heterocycles. The maximum atomic E-state index is 9.90. The second kappa shape index (κ2) is 3.86. The van der Waals surface area contributed by atoms with Gasteiger partial charge in [-0.2, -0.15) is 6.07 Å². The summed E-state index contributed by atoms with van der Waals surface area (Å²) in [5.74, 6) is 0.849. The summed E-state index contributed by atoms with van der Waals surface area (Å²) in [7, 11) is 0. The van der Waals surface area contributed by atoms with Gasteiger partial charge in [-0.3, -0.25) is 4.79 Å². The van der Waals surface area contributed by atoms with Crippen molar-refractivity contribution in [3.8, 4) is 0 Å². The first-order chi connectivity index (χ1) is 3.83. The van der Waals surface area contributed by atoms with Crippen LogP contribution >= 0.6 is 0 Å². The minimum Gasteiger partial charge on any atom is -0.493 e. The van der Waals surface area contributed by atoms with Gasteiger partial charge in [0.25, 0.3) is 0 Å². The summed E-state index contributed by atoms with van der Waals surface area (Å²) in [5, 5.41) is 0. The molecule has 0 amide bonds. The number of aldehydes is 1. The fourth-order valence-electron chi connectivity index (χ4n) is 0.458. The second-order valence-corrected chi connectivity index (χ2v) is 1.42. The molecule has 0 atom stereocenters. The van der Waals surface area contributed by atoms with Crippen LogP contribution in [0.2, 0.25) is 0 Å². The van der Waals surface area contributed by atoms with Crippen molar-refractivity contribution < 1.29 is 41.9 Å². The van der Waals surface area contributed by atoms with Gasteiger partial charge < -0.3 is 4.42 Å². The van der Waals surface area contributed by atoms with E-state index >= 15 is 0 Å². The first-order valence-electron chi connectivity index (χ1n) is 2.20. The molecule has 0 aromatic carbocycles. The molecule has 1 aromatic heterocycles. The summed E-state index contributed by atoms with van der Waals surface area (Å²) in [6.45, 7) is 3.46. The van der Waals surface area contributed by atoms with Crippen LogP contribution in [-0.4, -0.2) is 6.29 Å². The van der Waals surface area contributed by atoms with Gasteiger partial charge in [-0.25, -0.2) is 6.92 Å². The largest absolute Gasteiger partial charge is 0.493 e. The molecule has 1 radical (unpaired) electrons.